The summed E-state index contributed by atoms with van der Waals surface area (Å²) in [6.07, 6.45) is 0.511. The maximum absolute atomic E-state index is 8.37. The molecule has 0 aliphatic rings. The van der Waals surface area contributed by atoms with E-state index in [-0.39, 0.29) is 5.84 Å². The molecule has 2 rings (SSSR count). The second-order valence-electron chi connectivity index (χ2n) is 3.30. The van der Waals surface area contributed by atoms with Crippen molar-refractivity contribution in [2.75, 3.05) is 11.9 Å². The van der Waals surface area contributed by atoms with E-state index in [1.54, 1.807) is 11.3 Å². The molecule has 16 heavy (non-hydrogen) atoms. The second-order valence-corrected chi connectivity index (χ2v) is 4.19. The molecule has 1 aromatic carbocycles. The number of oxime groups is 1. The highest BCUT2D eigenvalue weighted by molar-refractivity contribution is 7.16. The fourth-order valence-corrected chi connectivity index (χ4v) is 2.07. The number of fused-ring (bicyclic) bond motifs is 1. The van der Waals surface area contributed by atoms with Gasteiger partial charge in [0.05, 0.1) is 15.7 Å². The summed E-state index contributed by atoms with van der Waals surface area (Å²) >= 11 is 1.61. The van der Waals surface area contributed by atoms with Crippen LogP contribution in [-0.4, -0.2) is 22.6 Å². The lowest BCUT2D eigenvalue weighted by Gasteiger charge is -2.05. The summed E-state index contributed by atoms with van der Waals surface area (Å²) in [6.45, 7) is 0.639. The van der Waals surface area contributed by atoms with E-state index in [0.717, 1.165) is 15.9 Å². The van der Waals surface area contributed by atoms with Crippen LogP contribution in [0.5, 0.6) is 0 Å². The molecule has 84 valence electrons. The van der Waals surface area contributed by atoms with Gasteiger partial charge in [0.25, 0.3) is 0 Å². The van der Waals surface area contributed by atoms with Crippen LogP contribution in [0.2, 0.25) is 0 Å². The summed E-state index contributed by atoms with van der Waals surface area (Å²) in [5, 5.41) is 14.5. The molecule has 0 saturated heterocycles. The summed E-state index contributed by atoms with van der Waals surface area (Å²) in [6, 6.07) is 5.98. The monoisotopic (exact) mass is 236 g/mol. The van der Waals surface area contributed by atoms with Gasteiger partial charge >= 0.3 is 0 Å². The average molecular weight is 236 g/mol. The van der Waals surface area contributed by atoms with Crippen molar-refractivity contribution in [3.05, 3.63) is 23.7 Å². The van der Waals surface area contributed by atoms with E-state index in [1.165, 1.54) is 0 Å². The molecule has 0 spiro atoms. The van der Waals surface area contributed by atoms with Crippen molar-refractivity contribution >= 4 is 33.1 Å². The van der Waals surface area contributed by atoms with E-state index in [1.807, 2.05) is 23.7 Å². The predicted molar refractivity (Wildman–Crippen MR) is 66.1 cm³/mol. The number of nitrogens with two attached hydrogens (primary N) is 1. The van der Waals surface area contributed by atoms with Crippen LogP contribution in [0.3, 0.4) is 0 Å². The molecule has 0 radical (unpaired) electrons. The second kappa shape index (κ2) is 4.80. The third-order valence-electron chi connectivity index (χ3n) is 2.17. The van der Waals surface area contributed by atoms with Gasteiger partial charge in [-0.15, -0.1) is 11.3 Å². The van der Waals surface area contributed by atoms with E-state index in [4.69, 9.17) is 10.9 Å². The lowest BCUT2D eigenvalue weighted by molar-refractivity contribution is 0.317. The van der Waals surface area contributed by atoms with Crippen LogP contribution >= 0.6 is 11.3 Å². The molecule has 0 unspecified atom stereocenters. The Balaban J connectivity index is 1.99. The van der Waals surface area contributed by atoms with Gasteiger partial charge in [-0.25, -0.2) is 4.98 Å². The van der Waals surface area contributed by atoms with Gasteiger partial charge in [-0.3, -0.25) is 0 Å². The van der Waals surface area contributed by atoms with Gasteiger partial charge < -0.3 is 16.3 Å². The Labute approximate surface area is 96.6 Å². The van der Waals surface area contributed by atoms with E-state index < -0.39 is 0 Å². The number of nitrogens with zero attached hydrogens (tertiary/aromatic N) is 2. The standard InChI is InChI=1S/C10H12N4OS/c11-10(14-15)3-4-12-7-1-2-8-9(5-7)16-6-13-8/h1-2,5-6,12,15H,3-4H2,(H2,11,14). The minimum absolute atomic E-state index is 0.228. The Hall–Kier alpha value is -1.82. The number of nitrogens with one attached hydrogen (secondary N) is 1. The molecule has 1 heterocycles. The van der Waals surface area contributed by atoms with Gasteiger partial charge in [0.1, 0.15) is 5.84 Å². The van der Waals surface area contributed by atoms with E-state index in [9.17, 15) is 0 Å². The number of benzene rings is 1. The minimum Gasteiger partial charge on any atom is -0.409 e. The molecular weight excluding hydrogens is 224 g/mol. The molecule has 0 amide bonds. The molecule has 5 nitrogen and oxygen atoms in total. The number of thiazole rings is 1. The van der Waals surface area contributed by atoms with Gasteiger partial charge in [-0.1, -0.05) is 5.16 Å². The zero-order valence-electron chi connectivity index (χ0n) is 8.55. The molecule has 0 aliphatic carbocycles. The van der Waals surface area contributed by atoms with Crippen molar-refractivity contribution < 1.29 is 5.21 Å². The summed E-state index contributed by atoms with van der Waals surface area (Å²) in [7, 11) is 0. The highest BCUT2D eigenvalue weighted by Crippen LogP contribution is 2.21. The molecular formula is C10H12N4OS. The summed E-state index contributed by atoms with van der Waals surface area (Å²) in [4.78, 5) is 4.20. The van der Waals surface area contributed by atoms with Crippen LogP contribution in [0.1, 0.15) is 6.42 Å². The molecule has 0 aliphatic heterocycles. The first-order valence-corrected chi connectivity index (χ1v) is 5.71. The number of hydrogen-bond donors (Lipinski definition) is 3. The molecule has 0 bridgehead atoms. The van der Waals surface area contributed by atoms with Crippen LogP contribution in [0.4, 0.5) is 5.69 Å². The van der Waals surface area contributed by atoms with Crippen molar-refractivity contribution in [2.24, 2.45) is 10.9 Å². The minimum atomic E-state index is 0.228. The number of aromatic nitrogens is 1. The first-order valence-electron chi connectivity index (χ1n) is 4.83. The van der Waals surface area contributed by atoms with Gasteiger partial charge in [0, 0.05) is 18.7 Å². The Morgan fingerprint density at radius 2 is 2.44 bits per heavy atom. The van der Waals surface area contributed by atoms with Gasteiger partial charge in [-0.2, -0.15) is 0 Å². The largest absolute Gasteiger partial charge is 0.409 e. The van der Waals surface area contributed by atoms with Crippen molar-refractivity contribution in [3.63, 3.8) is 0 Å². The van der Waals surface area contributed by atoms with Crippen LogP contribution < -0.4 is 11.1 Å². The maximum atomic E-state index is 8.37. The quantitative estimate of drug-likeness (QED) is 0.327. The highest BCUT2D eigenvalue weighted by atomic mass is 32.1. The molecule has 0 fully saturated rings. The topological polar surface area (TPSA) is 83.5 Å². The fourth-order valence-electron chi connectivity index (χ4n) is 1.35. The Kier molecular flexibility index (Phi) is 3.21. The molecule has 0 atom stereocenters. The van der Waals surface area contributed by atoms with Crippen LogP contribution in [-0.2, 0) is 0 Å². The SMILES string of the molecule is N/C(CCNc1ccc2ncsc2c1)=N/O. The van der Waals surface area contributed by atoms with Crippen molar-refractivity contribution in [3.8, 4) is 0 Å². The fraction of sp³-hybridized carbons (Fsp3) is 0.200. The van der Waals surface area contributed by atoms with Crippen molar-refractivity contribution in [1.82, 2.24) is 4.98 Å². The van der Waals surface area contributed by atoms with Gasteiger partial charge in [0.2, 0.25) is 0 Å². The average Bonchev–Trinajstić information content (AvgIpc) is 2.76. The lowest BCUT2D eigenvalue weighted by Crippen LogP contribution is -2.16. The number of amidine groups is 1. The number of rotatable bonds is 4. The van der Waals surface area contributed by atoms with Gasteiger partial charge in [0.15, 0.2) is 0 Å². The third-order valence-corrected chi connectivity index (χ3v) is 2.96. The van der Waals surface area contributed by atoms with Crippen LogP contribution in [0.15, 0.2) is 28.9 Å². The highest BCUT2D eigenvalue weighted by Gasteiger charge is 1.99. The van der Waals surface area contributed by atoms with Crippen LogP contribution in [0.25, 0.3) is 10.2 Å². The van der Waals surface area contributed by atoms with E-state index >= 15 is 0 Å². The Morgan fingerprint density at radius 1 is 1.56 bits per heavy atom. The Morgan fingerprint density at radius 3 is 3.25 bits per heavy atom. The summed E-state index contributed by atoms with van der Waals surface area (Å²) < 4.78 is 1.15. The number of hydrogen-bond acceptors (Lipinski definition) is 5. The molecule has 1 aromatic heterocycles. The zero-order valence-corrected chi connectivity index (χ0v) is 9.37. The van der Waals surface area contributed by atoms with Crippen molar-refractivity contribution in [1.29, 1.82) is 0 Å². The summed E-state index contributed by atoms with van der Waals surface area (Å²) in [5.41, 5.74) is 9.21. The number of anilines is 1. The Bertz CT molecular complexity index is 508. The maximum Gasteiger partial charge on any atom is 0.140 e. The smallest absolute Gasteiger partial charge is 0.140 e. The molecule has 0 saturated carbocycles. The predicted octanol–water partition coefficient (Wildman–Crippen LogP) is 1.84. The normalized spacial score (nSPS) is 11.9. The van der Waals surface area contributed by atoms with E-state index in [0.29, 0.717) is 13.0 Å². The van der Waals surface area contributed by atoms with Crippen molar-refractivity contribution in [2.45, 2.75) is 6.42 Å². The van der Waals surface area contributed by atoms with Crippen LogP contribution in [0, 0.1) is 0 Å². The lowest BCUT2D eigenvalue weighted by atomic mass is 10.3. The first-order chi connectivity index (χ1) is 7.79. The third kappa shape index (κ3) is 2.40. The molecule has 6 heteroatoms. The summed E-state index contributed by atoms with van der Waals surface area (Å²) in [5.74, 6) is 0.228. The van der Waals surface area contributed by atoms with E-state index in [2.05, 4.69) is 15.5 Å². The van der Waals surface area contributed by atoms with Gasteiger partial charge in [-0.05, 0) is 18.2 Å². The molecule has 4 N–H and O–H groups in total. The first kappa shape index (κ1) is 10.7. The molecule has 2 aromatic rings. The zero-order chi connectivity index (χ0) is 11.4.